The summed E-state index contributed by atoms with van der Waals surface area (Å²) in [5.74, 6) is -2.09. The molecular formula is C16H9F2N2O4S-. The molecule has 2 unspecified atom stereocenters. The largest absolute Gasteiger partial charge is 0.772 e. The van der Waals surface area contributed by atoms with Crippen molar-refractivity contribution in [2.75, 3.05) is 0 Å². The number of hydrogen-bond donors (Lipinski definition) is 0. The zero-order valence-electron chi connectivity index (χ0n) is 12.5. The van der Waals surface area contributed by atoms with E-state index >= 15 is 0 Å². The van der Waals surface area contributed by atoms with Crippen molar-refractivity contribution >= 4 is 16.9 Å². The number of nitrogens with zero attached hydrogens (tertiary/aromatic N) is 2. The van der Waals surface area contributed by atoms with Gasteiger partial charge in [-0.3, -0.25) is 14.0 Å². The standard InChI is InChI=1S/C16H10F2N2O4S/c17-9-1-8(5-19)2-10(3-9)24-14-6-20-13(7-25(22)23)15-11(14)4-12(18)16(15)21/h1-3,6,12H,4,7H2,(H,22,23)/p-1. The third-order valence-corrected chi connectivity index (χ3v) is 4.13. The van der Waals surface area contributed by atoms with Crippen LogP contribution >= 0.6 is 0 Å². The molecule has 25 heavy (non-hydrogen) atoms. The van der Waals surface area contributed by atoms with Crippen LogP contribution in [0, 0.1) is 17.1 Å². The van der Waals surface area contributed by atoms with Crippen LogP contribution in [0.3, 0.4) is 0 Å². The molecule has 0 amide bonds. The van der Waals surface area contributed by atoms with Gasteiger partial charge in [0.25, 0.3) is 0 Å². The Bertz CT molecular complexity index is 942. The predicted molar refractivity (Wildman–Crippen MR) is 81.0 cm³/mol. The number of benzene rings is 1. The predicted octanol–water partition coefficient (Wildman–Crippen LogP) is 2.34. The number of rotatable bonds is 4. The van der Waals surface area contributed by atoms with Crippen LogP contribution in [0.5, 0.6) is 11.5 Å². The zero-order valence-corrected chi connectivity index (χ0v) is 13.3. The first kappa shape index (κ1) is 17.1. The van der Waals surface area contributed by atoms with Gasteiger partial charge in [-0.25, -0.2) is 8.78 Å². The fourth-order valence-corrected chi connectivity index (χ4v) is 3.06. The van der Waals surface area contributed by atoms with E-state index in [0.717, 1.165) is 18.3 Å². The number of carbonyl (C=O) groups is 1. The first-order valence-corrected chi connectivity index (χ1v) is 8.27. The molecule has 0 aliphatic heterocycles. The Balaban J connectivity index is 2.04. The van der Waals surface area contributed by atoms with Crippen LogP contribution in [0.2, 0.25) is 0 Å². The van der Waals surface area contributed by atoms with Gasteiger partial charge in [-0.1, -0.05) is 0 Å². The van der Waals surface area contributed by atoms with Crippen LogP contribution in [0.1, 0.15) is 27.2 Å². The van der Waals surface area contributed by atoms with Crippen molar-refractivity contribution in [3.63, 3.8) is 0 Å². The minimum atomic E-state index is -2.50. The van der Waals surface area contributed by atoms with Crippen LogP contribution in [-0.2, 0) is 23.3 Å². The van der Waals surface area contributed by atoms with E-state index in [0.29, 0.717) is 0 Å². The molecule has 0 spiro atoms. The molecule has 128 valence electrons. The molecule has 1 aromatic heterocycles. The molecule has 0 saturated heterocycles. The molecule has 3 rings (SSSR count). The number of aromatic nitrogens is 1. The fourth-order valence-electron chi connectivity index (χ4n) is 2.62. The van der Waals surface area contributed by atoms with Gasteiger partial charge < -0.3 is 9.29 Å². The quantitative estimate of drug-likeness (QED) is 0.773. The second kappa shape index (κ2) is 6.66. The summed E-state index contributed by atoms with van der Waals surface area (Å²) in [6, 6.07) is 5.09. The Kier molecular flexibility index (Phi) is 4.57. The normalized spacial score (nSPS) is 17.0. The summed E-state index contributed by atoms with van der Waals surface area (Å²) in [5.41, 5.74) is 0.0250. The minimum absolute atomic E-state index is 0.0124. The summed E-state index contributed by atoms with van der Waals surface area (Å²) in [6.45, 7) is 0. The van der Waals surface area contributed by atoms with Crippen molar-refractivity contribution in [1.82, 2.24) is 4.98 Å². The second-order valence-corrected chi connectivity index (χ2v) is 6.19. The Hall–Kier alpha value is -2.70. The number of carbonyl (C=O) groups excluding carboxylic acids is 1. The average molecular weight is 363 g/mol. The number of alkyl halides is 1. The van der Waals surface area contributed by atoms with E-state index in [-0.39, 0.29) is 40.3 Å². The maximum atomic E-state index is 13.8. The SMILES string of the molecule is N#Cc1cc(F)cc(Oc2cnc(CS(=O)[O-])c3c2CC(F)C3=O)c1. The number of nitriles is 1. The molecule has 0 N–H and O–H groups in total. The Morgan fingerprint density at radius 3 is 2.88 bits per heavy atom. The number of ether oxygens (including phenoxy) is 1. The van der Waals surface area contributed by atoms with Crippen LogP contribution < -0.4 is 4.74 Å². The van der Waals surface area contributed by atoms with Crippen molar-refractivity contribution in [3.8, 4) is 17.6 Å². The van der Waals surface area contributed by atoms with Gasteiger partial charge in [-0.2, -0.15) is 5.26 Å². The molecule has 0 radical (unpaired) electrons. The van der Waals surface area contributed by atoms with E-state index in [1.807, 2.05) is 0 Å². The lowest BCUT2D eigenvalue weighted by molar-refractivity contribution is 0.0898. The molecule has 1 aliphatic rings. The summed E-state index contributed by atoms with van der Waals surface area (Å²) in [5, 5.41) is 8.86. The van der Waals surface area contributed by atoms with Gasteiger partial charge in [0, 0.05) is 18.1 Å². The van der Waals surface area contributed by atoms with Crippen molar-refractivity contribution < 1.29 is 27.1 Å². The van der Waals surface area contributed by atoms with Gasteiger partial charge >= 0.3 is 0 Å². The second-order valence-electron chi connectivity index (χ2n) is 5.30. The molecule has 0 fully saturated rings. The number of pyridine rings is 1. The molecule has 2 atom stereocenters. The number of ketones is 1. The highest BCUT2D eigenvalue weighted by atomic mass is 32.2. The first-order valence-electron chi connectivity index (χ1n) is 7.02. The number of Topliss-reactive ketones (excluding diaryl/α,β-unsaturated/α-hetero) is 1. The van der Waals surface area contributed by atoms with E-state index in [1.54, 1.807) is 6.07 Å². The number of halogens is 2. The fraction of sp³-hybridized carbons (Fsp3) is 0.188. The van der Waals surface area contributed by atoms with E-state index in [9.17, 15) is 22.3 Å². The Labute approximate surface area is 143 Å². The summed E-state index contributed by atoms with van der Waals surface area (Å²) >= 11 is -2.50. The molecule has 0 saturated carbocycles. The smallest absolute Gasteiger partial charge is 0.199 e. The minimum Gasteiger partial charge on any atom is -0.772 e. The molecule has 1 heterocycles. The van der Waals surface area contributed by atoms with E-state index in [4.69, 9.17) is 10.00 Å². The highest BCUT2D eigenvalue weighted by Crippen LogP contribution is 2.36. The maximum absolute atomic E-state index is 13.8. The molecular weight excluding hydrogens is 354 g/mol. The van der Waals surface area contributed by atoms with Gasteiger partial charge in [0.2, 0.25) is 0 Å². The van der Waals surface area contributed by atoms with Gasteiger partial charge in [-0.15, -0.1) is 0 Å². The monoisotopic (exact) mass is 363 g/mol. The van der Waals surface area contributed by atoms with Gasteiger partial charge in [0.05, 0.1) is 34.8 Å². The first-order chi connectivity index (χ1) is 11.9. The topological polar surface area (TPSA) is 103 Å². The van der Waals surface area contributed by atoms with Crippen molar-refractivity contribution in [1.29, 1.82) is 5.26 Å². The zero-order chi connectivity index (χ0) is 18.1. The molecule has 2 aromatic rings. The molecule has 6 nitrogen and oxygen atoms in total. The van der Waals surface area contributed by atoms with Crippen molar-refractivity contribution in [2.24, 2.45) is 0 Å². The highest BCUT2D eigenvalue weighted by Gasteiger charge is 2.36. The lowest BCUT2D eigenvalue weighted by atomic mass is 10.1. The van der Waals surface area contributed by atoms with Crippen molar-refractivity contribution in [3.05, 3.63) is 52.6 Å². The molecule has 1 aromatic carbocycles. The summed E-state index contributed by atoms with van der Waals surface area (Å²) < 4.78 is 54.6. The number of fused-ring (bicyclic) bond motifs is 1. The Morgan fingerprint density at radius 2 is 2.20 bits per heavy atom. The van der Waals surface area contributed by atoms with Gasteiger partial charge in [0.15, 0.2) is 12.0 Å². The number of hydrogen-bond acceptors (Lipinski definition) is 6. The summed E-state index contributed by atoms with van der Waals surface area (Å²) in [4.78, 5) is 15.9. The van der Waals surface area contributed by atoms with Gasteiger partial charge in [-0.05, 0) is 23.2 Å². The van der Waals surface area contributed by atoms with Crippen molar-refractivity contribution in [2.45, 2.75) is 18.3 Å². The van der Waals surface area contributed by atoms with Gasteiger partial charge in [0.1, 0.15) is 17.3 Å². The lowest BCUT2D eigenvalue weighted by Gasteiger charge is -2.13. The summed E-state index contributed by atoms with van der Waals surface area (Å²) in [6.07, 6.45) is -0.948. The highest BCUT2D eigenvalue weighted by molar-refractivity contribution is 7.78. The molecule has 1 aliphatic carbocycles. The third kappa shape index (κ3) is 3.40. The van der Waals surface area contributed by atoms with Crippen LogP contribution in [0.25, 0.3) is 0 Å². The van der Waals surface area contributed by atoms with E-state index < -0.39 is 34.6 Å². The average Bonchev–Trinajstić information content (AvgIpc) is 2.85. The Morgan fingerprint density at radius 1 is 1.44 bits per heavy atom. The maximum Gasteiger partial charge on any atom is 0.199 e. The van der Waals surface area contributed by atoms with Crippen LogP contribution in [0.15, 0.2) is 24.4 Å². The summed E-state index contributed by atoms with van der Waals surface area (Å²) in [7, 11) is 0. The van der Waals surface area contributed by atoms with Crippen LogP contribution in [-0.4, -0.2) is 25.7 Å². The van der Waals surface area contributed by atoms with Crippen LogP contribution in [0.4, 0.5) is 8.78 Å². The molecule has 0 bridgehead atoms. The third-order valence-electron chi connectivity index (χ3n) is 3.62. The van der Waals surface area contributed by atoms with E-state index in [1.165, 1.54) is 6.07 Å². The lowest BCUT2D eigenvalue weighted by Crippen LogP contribution is -2.11. The van der Waals surface area contributed by atoms with E-state index in [2.05, 4.69) is 4.98 Å². The molecule has 9 heteroatoms.